The largest absolute Gasteiger partial charge is 0.454 e. The highest BCUT2D eigenvalue weighted by atomic mass is 19.2. The van der Waals surface area contributed by atoms with Crippen LogP contribution in [0.1, 0.15) is 16.2 Å². The van der Waals surface area contributed by atoms with Crippen molar-refractivity contribution in [3.05, 3.63) is 53.6 Å². The fraction of sp³-hybridized carbons (Fsp3) is 0.0833. The van der Waals surface area contributed by atoms with Crippen molar-refractivity contribution in [2.75, 3.05) is 5.73 Å². The third-order valence-corrected chi connectivity index (χ3v) is 2.26. The van der Waals surface area contributed by atoms with Gasteiger partial charge < -0.3 is 10.5 Å². The van der Waals surface area contributed by atoms with Crippen LogP contribution in [0.5, 0.6) is 0 Å². The molecule has 0 saturated carbocycles. The lowest BCUT2D eigenvalue weighted by Crippen LogP contribution is -2.10. The minimum absolute atomic E-state index is 0.182. The highest BCUT2D eigenvalue weighted by Crippen LogP contribution is 2.18. The van der Waals surface area contributed by atoms with Crippen LogP contribution in [-0.4, -0.2) is 15.9 Å². The van der Waals surface area contributed by atoms with Gasteiger partial charge in [-0.25, -0.2) is 23.5 Å². The molecule has 2 aromatic rings. The number of halogens is 2. The number of anilines is 1. The van der Waals surface area contributed by atoms with Crippen LogP contribution in [0.3, 0.4) is 0 Å². The van der Waals surface area contributed by atoms with Gasteiger partial charge in [-0.05, 0) is 12.1 Å². The number of nitrogen functional groups attached to an aromatic ring is 1. The molecule has 98 valence electrons. The summed E-state index contributed by atoms with van der Waals surface area (Å²) in [6.07, 6.45) is 2.98. The zero-order valence-electron chi connectivity index (χ0n) is 9.64. The van der Waals surface area contributed by atoms with Crippen LogP contribution in [0.25, 0.3) is 0 Å². The number of rotatable bonds is 3. The van der Waals surface area contributed by atoms with E-state index in [0.717, 1.165) is 6.07 Å². The molecule has 0 amide bonds. The van der Waals surface area contributed by atoms with E-state index in [1.807, 2.05) is 0 Å². The molecule has 0 atom stereocenters. The molecule has 0 aliphatic carbocycles. The number of carbonyl (C=O) groups excluding carboxylic acids is 1. The predicted molar refractivity (Wildman–Crippen MR) is 61.9 cm³/mol. The fourth-order valence-corrected chi connectivity index (χ4v) is 1.35. The van der Waals surface area contributed by atoms with E-state index in [-0.39, 0.29) is 23.7 Å². The van der Waals surface area contributed by atoms with Crippen molar-refractivity contribution >= 4 is 11.7 Å². The Hall–Kier alpha value is -2.57. The Morgan fingerprint density at radius 2 is 1.84 bits per heavy atom. The number of hydrogen-bond donors (Lipinski definition) is 1. The number of nitrogens with two attached hydrogens (primary N) is 1. The Kier molecular flexibility index (Phi) is 3.65. The number of benzene rings is 1. The molecule has 0 bridgehead atoms. The number of nitrogens with zero attached hydrogens (tertiary/aromatic N) is 2. The number of ether oxygens (including phenoxy) is 1. The first-order chi connectivity index (χ1) is 9.08. The lowest BCUT2D eigenvalue weighted by atomic mass is 10.1. The second-order valence-corrected chi connectivity index (χ2v) is 3.59. The summed E-state index contributed by atoms with van der Waals surface area (Å²) >= 11 is 0. The molecular formula is C12H9F2N3O2. The Balaban J connectivity index is 2.10. The second kappa shape index (κ2) is 5.38. The first kappa shape index (κ1) is 12.9. The van der Waals surface area contributed by atoms with E-state index in [2.05, 4.69) is 9.97 Å². The summed E-state index contributed by atoms with van der Waals surface area (Å²) in [6.45, 7) is -0.182. The maximum Gasteiger partial charge on any atom is 0.340 e. The van der Waals surface area contributed by atoms with E-state index < -0.39 is 17.6 Å². The van der Waals surface area contributed by atoms with E-state index in [9.17, 15) is 13.6 Å². The standard InChI is InChI=1S/C12H9F2N3O2/c13-8-4-7(10(15)5-9(8)14)12(18)19-6-11-16-2-1-3-17-11/h1-5H,6,15H2. The summed E-state index contributed by atoms with van der Waals surface area (Å²) in [7, 11) is 0. The molecule has 0 saturated heterocycles. The van der Waals surface area contributed by atoms with Gasteiger partial charge in [0, 0.05) is 24.1 Å². The van der Waals surface area contributed by atoms with Gasteiger partial charge >= 0.3 is 5.97 Å². The highest BCUT2D eigenvalue weighted by molar-refractivity contribution is 5.95. The minimum atomic E-state index is -1.17. The molecule has 2 rings (SSSR count). The average molecular weight is 265 g/mol. The van der Waals surface area contributed by atoms with Crippen molar-refractivity contribution in [1.82, 2.24) is 9.97 Å². The van der Waals surface area contributed by atoms with Crippen LogP contribution in [0.2, 0.25) is 0 Å². The Labute approximate surface area is 107 Å². The van der Waals surface area contributed by atoms with Crippen LogP contribution >= 0.6 is 0 Å². The molecule has 5 nitrogen and oxygen atoms in total. The lowest BCUT2D eigenvalue weighted by Gasteiger charge is -2.06. The molecule has 7 heteroatoms. The third-order valence-electron chi connectivity index (χ3n) is 2.26. The van der Waals surface area contributed by atoms with Crippen LogP contribution in [0, 0.1) is 11.6 Å². The Bertz CT molecular complexity index is 605. The van der Waals surface area contributed by atoms with Gasteiger partial charge in [0.1, 0.15) is 0 Å². The molecule has 0 aliphatic rings. The maximum atomic E-state index is 13.0. The maximum absolute atomic E-state index is 13.0. The van der Waals surface area contributed by atoms with Crippen molar-refractivity contribution in [2.45, 2.75) is 6.61 Å². The molecule has 0 aliphatic heterocycles. The van der Waals surface area contributed by atoms with Crippen LogP contribution < -0.4 is 5.73 Å². The summed E-state index contributed by atoms with van der Waals surface area (Å²) in [5, 5.41) is 0. The number of hydrogen-bond acceptors (Lipinski definition) is 5. The molecule has 2 N–H and O–H groups in total. The smallest absolute Gasteiger partial charge is 0.340 e. The van der Waals surface area contributed by atoms with Gasteiger partial charge in [-0.2, -0.15) is 0 Å². The summed E-state index contributed by atoms with van der Waals surface area (Å²) in [4.78, 5) is 19.3. The van der Waals surface area contributed by atoms with E-state index in [4.69, 9.17) is 10.5 Å². The zero-order valence-corrected chi connectivity index (χ0v) is 9.64. The quantitative estimate of drug-likeness (QED) is 0.675. The van der Waals surface area contributed by atoms with Crippen molar-refractivity contribution in [3.63, 3.8) is 0 Å². The van der Waals surface area contributed by atoms with E-state index in [1.165, 1.54) is 12.4 Å². The molecular weight excluding hydrogens is 256 g/mol. The van der Waals surface area contributed by atoms with Crippen molar-refractivity contribution < 1.29 is 18.3 Å². The van der Waals surface area contributed by atoms with Gasteiger partial charge in [-0.3, -0.25) is 0 Å². The fourth-order valence-electron chi connectivity index (χ4n) is 1.35. The van der Waals surface area contributed by atoms with E-state index in [1.54, 1.807) is 6.07 Å². The van der Waals surface area contributed by atoms with Crippen molar-refractivity contribution in [1.29, 1.82) is 0 Å². The molecule has 0 radical (unpaired) electrons. The Morgan fingerprint density at radius 1 is 1.21 bits per heavy atom. The van der Waals surface area contributed by atoms with Crippen LogP contribution in [0.15, 0.2) is 30.6 Å². The number of esters is 1. The van der Waals surface area contributed by atoms with Crippen molar-refractivity contribution in [3.8, 4) is 0 Å². The summed E-state index contributed by atoms with van der Waals surface area (Å²) < 4.78 is 30.7. The lowest BCUT2D eigenvalue weighted by molar-refractivity contribution is 0.0463. The van der Waals surface area contributed by atoms with Gasteiger partial charge in [0.05, 0.1) is 5.56 Å². The van der Waals surface area contributed by atoms with E-state index in [0.29, 0.717) is 6.07 Å². The molecule has 1 aromatic heterocycles. The van der Waals surface area contributed by atoms with Crippen molar-refractivity contribution in [2.24, 2.45) is 0 Å². The first-order valence-corrected chi connectivity index (χ1v) is 5.25. The van der Waals surface area contributed by atoms with Gasteiger partial charge in [-0.1, -0.05) is 0 Å². The first-order valence-electron chi connectivity index (χ1n) is 5.25. The summed E-state index contributed by atoms with van der Waals surface area (Å²) in [5.74, 6) is -2.88. The molecule has 1 aromatic carbocycles. The summed E-state index contributed by atoms with van der Waals surface area (Å²) in [6, 6.07) is 3.03. The van der Waals surface area contributed by atoms with Gasteiger partial charge in [0.2, 0.25) is 0 Å². The number of aromatic nitrogens is 2. The molecule has 1 heterocycles. The van der Waals surface area contributed by atoms with Gasteiger partial charge in [0.15, 0.2) is 24.1 Å². The minimum Gasteiger partial charge on any atom is -0.454 e. The highest BCUT2D eigenvalue weighted by Gasteiger charge is 2.16. The zero-order chi connectivity index (χ0) is 13.8. The topological polar surface area (TPSA) is 78.1 Å². The molecule has 0 fully saturated rings. The second-order valence-electron chi connectivity index (χ2n) is 3.59. The number of carbonyl (C=O) groups is 1. The van der Waals surface area contributed by atoms with Gasteiger partial charge in [0.25, 0.3) is 0 Å². The molecule has 0 spiro atoms. The normalized spacial score (nSPS) is 10.2. The average Bonchev–Trinajstić information content (AvgIpc) is 2.41. The summed E-state index contributed by atoms with van der Waals surface area (Å²) in [5.41, 5.74) is 4.98. The van der Waals surface area contributed by atoms with Gasteiger partial charge in [-0.15, -0.1) is 0 Å². The molecule has 19 heavy (non-hydrogen) atoms. The van der Waals surface area contributed by atoms with Crippen LogP contribution in [0.4, 0.5) is 14.5 Å². The Morgan fingerprint density at radius 3 is 2.53 bits per heavy atom. The third kappa shape index (κ3) is 3.01. The predicted octanol–water partition coefficient (Wildman–Crippen LogP) is 1.69. The molecule has 0 unspecified atom stereocenters. The van der Waals surface area contributed by atoms with E-state index >= 15 is 0 Å². The monoisotopic (exact) mass is 265 g/mol. The van der Waals surface area contributed by atoms with Crippen LogP contribution in [-0.2, 0) is 11.3 Å². The SMILES string of the molecule is Nc1cc(F)c(F)cc1C(=O)OCc1ncccn1.